The number of alkyl halides is 4. The minimum atomic E-state index is -4.40. The first-order valence-electron chi connectivity index (χ1n) is 16.4. The lowest BCUT2D eigenvalue weighted by Gasteiger charge is -2.36. The molecular weight excluding hydrogens is 632 g/mol. The van der Waals surface area contributed by atoms with Gasteiger partial charge in [0.2, 0.25) is 0 Å². The summed E-state index contributed by atoms with van der Waals surface area (Å²) in [6.45, 7) is 9.52. The van der Waals surface area contributed by atoms with Crippen molar-refractivity contribution >= 4 is 11.7 Å². The molecule has 0 unspecified atom stereocenters. The van der Waals surface area contributed by atoms with E-state index in [1.807, 2.05) is 0 Å². The van der Waals surface area contributed by atoms with Crippen LogP contribution in [0.4, 0.5) is 17.6 Å². The molecular formula is C34H44F4N6O4. The minimum absolute atomic E-state index is 0.0161. The van der Waals surface area contributed by atoms with Crippen molar-refractivity contribution < 1.29 is 36.4 Å². The summed E-state index contributed by atoms with van der Waals surface area (Å²) < 4.78 is 70.0. The third-order valence-electron chi connectivity index (χ3n) is 9.15. The Morgan fingerprint density at radius 3 is 2.52 bits per heavy atom. The quantitative estimate of drug-likeness (QED) is 0.104. The summed E-state index contributed by atoms with van der Waals surface area (Å²) in [5, 5.41) is 10.6. The number of halogens is 4. The van der Waals surface area contributed by atoms with Crippen LogP contribution in [0.1, 0.15) is 74.1 Å². The molecule has 3 fully saturated rings. The molecule has 0 saturated carbocycles. The zero-order chi connectivity index (χ0) is 34.4. The summed E-state index contributed by atoms with van der Waals surface area (Å²) in [5.74, 6) is 0.240. The topological polar surface area (TPSA) is 127 Å². The predicted molar refractivity (Wildman–Crippen MR) is 172 cm³/mol. The first-order valence-corrected chi connectivity index (χ1v) is 16.4. The van der Waals surface area contributed by atoms with Crippen molar-refractivity contribution in [1.29, 1.82) is 0 Å². The number of piperidine rings is 1. The van der Waals surface area contributed by atoms with Gasteiger partial charge in [-0.05, 0) is 70.1 Å². The number of aliphatic imine (C=N–C) groups is 1. The molecule has 1 amide bonds. The van der Waals surface area contributed by atoms with Gasteiger partial charge >= 0.3 is 6.18 Å². The highest BCUT2D eigenvalue weighted by Crippen LogP contribution is 2.34. The van der Waals surface area contributed by atoms with E-state index in [9.17, 15) is 22.4 Å². The molecule has 2 aromatic rings. The summed E-state index contributed by atoms with van der Waals surface area (Å²) in [5.41, 5.74) is 7.63. The van der Waals surface area contributed by atoms with E-state index in [1.165, 1.54) is 12.1 Å². The van der Waals surface area contributed by atoms with Gasteiger partial charge in [-0.3, -0.25) is 4.79 Å². The lowest BCUT2D eigenvalue weighted by molar-refractivity contribution is -0.137. The van der Waals surface area contributed by atoms with Crippen molar-refractivity contribution in [3.8, 4) is 0 Å². The van der Waals surface area contributed by atoms with Crippen molar-refractivity contribution in [2.24, 2.45) is 10.7 Å². The first-order chi connectivity index (χ1) is 22.9. The number of ether oxygens (including phenoxy) is 2. The fourth-order valence-corrected chi connectivity index (χ4v) is 6.24. The van der Waals surface area contributed by atoms with Crippen LogP contribution >= 0.6 is 0 Å². The first kappa shape index (κ1) is 35.6. The average molecular weight is 677 g/mol. The maximum Gasteiger partial charge on any atom is 0.416 e. The van der Waals surface area contributed by atoms with Crippen molar-refractivity contribution in [1.82, 2.24) is 20.7 Å². The fourth-order valence-electron chi connectivity index (χ4n) is 6.24. The lowest BCUT2D eigenvalue weighted by atomic mass is 9.97. The lowest BCUT2D eigenvalue weighted by Crippen LogP contribution is -2.52. The predicted octanol–water partition coefficient (Wildman–Crippen LogP) is 5.10. The molecule has 1 aromatic heterocycles. The number of rotatable bonds is 10. The molecule has 1 aromatic carbocycles. The summed E-state index contributed by atoms with van der Waals surface area (Å²) in [7, 11) is 0. The van der Waals surface area contributed by atoms with Gasteiger partial charge in [0.15, 0.2) is 5.84 Å². The molecule has 0 radical (unpaired) electrons. The Balaban J connectivity index is 1.25. The third kappa shape index (κ3) is 9.03. The number of hydrogen-bond donors (Lipinski definition) is 3. The summed E-state index contributed by atoms with van der Waals surface area (Å²) in [4.78, 5) is 20.2. The van der Waals surface area contributed by atoms with Gasteiger partial charge in [0, 0.05) is 55.7 Å². The van der Waals surface area contributed by atoms with E-state index in [-0.39, 0.29) is 48.3 Å². The van der Waals surface area contributed by atoms with E-state index in [0.29, 0.717) is 80.2 Å². The van der Waals surface area contributed by atoms with Crippen LogP contribution in [-0.2, 0) is 20.4 Å². The van der Waals surface area contributed by atoms with Crippen LogP contribution in [0, 0.1) is 6.92 Å². The van der Waals surface area contributed by atoms with Gasteiger partial charge in [0.05, 0.1) is 24.4 Å². The molecule has 14 heteroatoms. The van der Waals surface area contributed by atoms with E-state index in [0.717, 1.165) is 25.0 Å². The normalized spacial score (nSPS) is 25.0. The van der Waals surface area contributed by atoms with Gasteiger partial charge in [-0.25, -0.2) is 9.38 Å². The van der Waals surface area contributed by atoms with Crippen molar-refractivity contribution in [2.45, 2.75) is 89.0 Å². The number of carbonyl (C=O) groups excluding carboxylic acids is 1. The number of nitrogens with one attached hydrogen (secondary N) is 2. The van der Waals surface area contributed by atoms with Crippen LogP contribution in [-0.4, -0.2) is 79.0 Å². The largest absolute Gasteiger partial charge is 0.416 e. The maximum atomic E-state index is 14.3. The van der Waals surface area contributed by atoms with Gasteiger partial charge in [-0.2, -0.15) is 13.2 Å². The Bertz CT molecular complexity index is 1480. The number of nitrogens with zero attached hydrogens (tertiary/aromatic N) is 3. The highest BCUT2D eigenvalue weighted by atomic mass is 19.4. The molecule has 10 nitrogen and oxygen atoms in total. The number of aromatic nitrogens is 1. The van der Waals surface area contributed by atoms with Crippen molar-refractivity contribution in [3.05, 3.63) is 76.5 Å². The van der Waals surface area contributed by atoms with Gasteiger partial charge < -0.3 is 35.3 Å². The minimum Gasteiger partial charge on any atom is -0.383 e. The van der Waals surface area contributed by atoms with Crippen LogP contribution in [0.25, 0.3) is 0 Å². The highest BCUT2D eigenvalue weighted by Gasteiger charge is 2.33. The Kier molecular flexibility index (Phi) is 11.6. The molecule has 3 aliphatic rings. The maximum absolute atomic E-state index is 14.3. The molecule has 0 aliphatic carbocycles. The Morgan fingerprint density at radius 2 is 1.88 bits per heavy atom. The number of carbonyl (C=O) groups is 1. The number of likely N-dealkylation sites (tertiary alicyclic amines) is 1. The summed E-state index contributed by atoms with van der Waals surface area (Å²) in [6.07, 6.45) is -1.80. The molecule has 4 atom stereocenters. The van der Waals surface area contributed by atoms with Crippen LogP contribution < -0.4 is 16.4 Å². The number of aryl methyl sites for hydroxylation is 1. The number of allylic oxidation sites excluding steroid dienone is 1. The zero-order valence-electron chi connectivity index (χ0n) is 27.3. The van der Waals surface area contributed by atoms with Crippen LogP contribution in [0.2, 0.25) is 0 Å². The molecule has 0 spiro atoms. The van der Waals surface area contributed by atoms with E-state index >= 15 is 0 Å². The van der Waals surface area contributed by atoms with Crippen molar-refractivity contribution in [2.75, 3.05) is 32.8 Å². The Morgan fingerprint density at radius 1 is 1.15 bits per heavy atom. The molecule has 262 valence electrons. The van der Waals surface area contributed by atoms with Gasteiger partial charge in [-0.1, -0.05) is 23.9 Å². The molecule has 3 aliphatic heterocycles. The number of benzene rings is 1. The Hall–Kier alpha value is -3.75. The third-order valence-corrected chi connectivity index (χ3v) is 9.15. The Labute approximate surface area is 277 Å². The number of nitrogens with two attached hydrogens (primary N) is 1. The smallest absolute Gasteiger partial charge is 0.383 e. The molecule has 5 rings (SSSR count). The van der Waals surface area contributed by atoms with Crippen molar-refractivity contribution in [3.63, 3.8) is 0 Å². The molecule has 0 bridgehead atoms. The second-order valence-electron chi connectivity index (χ2n) is 12.7. The number of hydrogen-bond acceptors (Lipinski definition) is 8. The number of amides is 1. The van der Waals surface area contributed by atoms with E-state index < -0.39 is 17.9 Å². The second kappa shape index (κ2) is 15.6. The SMILES string of the molecule is C=C(NC[C@H]1CCC[C@@H](c2ccc(C(F)(F)F)cc2)O1)/C(C)=C(\N=C(/N)c1cc(C)on1)C(=O)N1CCC(N[C@H]2CCOC[C@H]2F)CC1. The fraction of sp³-hybridized carbons (Fsp3) is 0.559. The van der Waals surface area contributed by atoms with Crippen LogP contribution in [0.3, 0.4) is 0 Å². The van der Waals surface area contributed by atoms with E-state index in [2.05, 4.69) is 27.4 Å². The summed E-state index contributed by atoms with van der Waals surface area (Å²) in [6, 6.07) is 6.53. The molecule has 3 saturated heterocycles. The highest BCUT2D eigenvalue weighted by molar-refractivity contribution is 6.02. The van der Waals surface area contributed by atoms with Gasteiger partial charge in [0.25, 0.3) is 5.91 Å². The summed E-state index contributed by atoms with van der Waals surface area (Å²) >= 11 is 0. The van der Waals surface area contributed by atoms with Crippen LogP contribution in [0.5, 0.6) is 0 Å². The van der Waals surface area contributed by atoms with E-state index in [4.69, 9.17) is 19.7 Å². The zero-order valence-corrected chi connectivity index (χ0v) is 27.3. The standard InChI is InChI=1S/C34H44F4N6O4/c1-20-17-29(43-48-20)32(39)42-31(33(45)44-14-11-25(12-15-44)41-28-13-16-46-19-27(28)35)21(2)22(3)40-18-26-5-4-6-30(47-26)23-7-9-24(10-8-23)34(36,37)38/h7-10,17,25-28,30,40-41H,3-6,11-16,18-19H2,1-2H3,(H2,39,42)/b31-21-/t26-,27-,28+,30+/m1/s1. The number of amidine groups is 1. The van der Waals surface area contributed by atoms with Gasteiger partial charge in [-0.15, -0.1) is 0 Å². The monoisotopic (exact) mass is 676 g/mol. The molecule has 4 heterocycles. The van der Waals surface area contributed by atoms with Gasteiger partial charge in [0.1, 0.15) is 23.3 Å². The van der Waals surface area contributed by atoms with E-state index in [1.54, 1.807) is 24.8 Å². The molecule has 48 heavy (non-hydrogen) atoms. The van der Waals surface area contributed by atoms with Crippen LogP contribution in [0.15, 0.2) is 63.4 Å². The second-order valence-corrected chi connectivity index (χ2v) is 12.7. The average Bonchev–Trinajstić information content (AvgIpc) is 3.53. The molecule has 4 N–H and O–H groups in total.